The number of ether oxygens (including phenoxy) is 1. The van der Waals surface area contributed by atoms with E-state index in [1.54, 1.807) is 6.07 Å². The van der Waals surface area contributed by atoms with Gasteiger partial charge in [0.15, 0.2) is 0 Å². The van der Waals surface area contributed by atoms with E-state index in [9.17, 15) is 4.39 Å². The van der Waals surface area contributed by atoms with E-state index in [0.717, 1.165) is 23.9 Å². The molecule has 1 aromatic rings. The Labute approximate surface area is 116 Å². The molecule has 0 spiro atoms. The Morgan fingerprint density at radius 2 is 2.22 bits per heavy atom. The number of fused-ring (bicyclic) bond motifs is 1. The van der Waals surface area contributed by atoms with Crippen molar-refractivity contribution in [2.75, 3.05) is 6.54 Å². The SMILES string of the molecule is CCCNC1CC(C)(C)Oc2c(Br)ccc(F)c21. The number of halogens is 2. The molecule has 0 saturated heterocycles. The standard InChI is InChI=1S/C14H19BrFNO/c1-4-7-17-11-8-14(2,3)18-13-9(15)5-6-10(16)12(11)13/h5-6,11,17H,4,7-8H2,1-3H3. The number of hydrogen-bond acceptors (Lipinski definition) is 2. The molecule has 18 heavy (non-hydrogen) atoms. The Morgan fingerprint density at radius 3 is 2.89 bits per heavy atom. The predicted molar refractivity (Wildman–Crippen MR) is 74.5 cm³/mol. The third-order valence-corrected chi connectivity index (χ3v) is 3.78. The van der Waals surface area contributed by atoms with E-state index in [2.05, 4.69) is 28.2 Å². The minimum atomic E-state index is -0.283. The molecule has 1 atom stereocenters. The third-order valence-electron chi connectivity index (χ3n) is 3.16. The maximum absolute atomic E-state index is 14.0. The van der Waals surface area contributed by atoms with Crippen LogP contribution in [0.1, 0.15) is 45.2 Å². The van der Waals surface area contributed by atoms with Crippen molar-refractivity contribution >= 4 is 15.9 Å². The van der Waals surface area contributed by atoms with Gasteiger partial charge in [0.1, 0.15) is 17.2 Å². The fraction of sp³-hybridized carbons (Fsp3) is 0.571. The molecule has 1 aromatic carbocycles. The second-order valence-electron chi connectivity index (χ2n) is 5.34. The van der Waals surface area contributed by atoms with Crippen molar-refractivity contribution in [3.05, 3.63) is 28.0 Å². The van der Waals surface area contributed by atoms with E-state index < -0.39 is 0 Å². The van der Waals surface area contributed by atoms with Gasteiger partial charge in [-0.15, -0.1) is 0 Å². The van der Waals surface area contributed by atoms with Crippen LogP contribution in [0.2, 0.25) is 0 Å². The highest BCUT2D eigenvalue weighted by Gasteiger charge is 2.36. The van der Waals surface area contributed by atoms with E-state index in [0.29, 0.717) is 11.3 Å². The Hall–Kier alpha value is -0.610. The van der Waals surface area contributed by atoms with Crippen LogP contribution in [-0.2, 0) is 0 Å². The molecule has 100 valence electrons. The Balaban J connectivity index is 2.43. The summed E-state index contributed by atoms with van der Waals surface area (Å²) in [6.07, 6.45) is 1.80. The lowest BCUT2D eigenvalue weighted by atomic mass is 9.89. The zero-order valence-electron chi connectivity index (χ0n) is 11.0. The van der Waals surface area contributed by atoms with Gasteiger partial charge >= 0.3 is 0 Å². The molecule has 4 heteroatoms. The van der Waals surface area contributed by atoms with E-state index in [1.807, 2.05) is 13.8 Å². The zero-order chi connectivity index (χ0) is 13.3. The van der Waals surface area contributed by atoms with Gasteiger partial charge in [0, 0.05) is 18.0 Å². The summed E-state index contributed by atoms with van der Waals surface area (Å²) < 4.78 is 20.8. The van der Waals surface area contributed by atoms with E-state index in [-0.39, 0.29) is 17.5 Å². The quantitative estimate of drug-likeness (QED) is 0.903. The molecule has 0 bridgehead atoms. The highest BCUT2D eigenvalue weighted by atomic mass is 79.9. The van der Waals surface area contributed by atoms with E-state index >= 15 is 0 Å². The molecule has 1 aliphatic rings. The maximum Gasteiger partial charge on any atom is 0.142 e. The van der Waals surface area contributed by atoms with Crippen LogP contribution in [0.5, 0.6) is 5.75 Å². The first kappa shape index (κ1) is 13.8. The lowest BCUT2D eigenvalue weighted by Gasteiger charge is -2.38. The summed E-state index contributed by atoms with van der Waals surface area (Å²) >= 11 is 3.44. The van der Waals surface area contributed by atoms with Crippen molar-refractivity contribution in [2.24, 2.45) is 0 Å². The molecule has 1 heterocycles. The molecule has 1 N–H and O–H groups in total. The molecule has 0 aliphatic carbocycles. The number of hydrogen-bond donors (Lipinski definition) is 1. The molecule has 0 saturated carbocycles. The van der Waals surface area contributed by atoms with Crippen LogP contribution >= 0.6 is 15.9 Å². The molecular formula is C14H19BrFNO. The molecule has 0 radical (unpaired) electrons. The maximum atomic E-state index is 14.0. The van der Waals surface area contributed by atoms with Crippen molar-refractivity contribution < 1.29 is 9.13 Å². The number of benzene rings is 1. The van der Waals surface area contributed by atoms with Gasteiger partial charge in [-0.25, -0.2) is 4.39 Å². The van der Waals surface area contributed by atoms with Crippen molar-refractivity contribution in [3.8, 4) is 5.75 Å². The van der Waals surface area contributed by atoms with Gasteiger partial charge in [-0.2, -0.15) is 0 Å². The predicted octanol–water partition coefficient (Wildman–Crippen LogP) is 4.19. The van der Waals surface area contributed by atoms with Crippen LogP contribution in [0.25, 0.3) is 0 Å². The lowest BCUT2D eigenvalue weighted by molar-refractivity contribution is 0.0633. The van der Waals surface area contributed by atoms with Crippen LogP contribution in [0, 0.1) is 5.82 Å². The van der Waals surface area contributed by atoms with Crippen molar-refractivity contribution in [1.82, 2.24) is 5.32 Å². The van der Waals surface area contributed by atoms with Gasteiger partial charge in [0.2, 0.25) is 0 Å². The first-order valence-electron chi connectivity index (χ1n) is 6.35. The topological polar surface area (TPSA) is 21.3 Å². The molecule has 1 aliphatic heterocycles. The summed E-state index contributed by atoms with van der Waals surface area (Å²) in [5.74, 6) is 0.442. The number of nitrogens with one attached hydrogen (secondary N) is 1. The van der Waals surface area contributed by atoms with Crippen molar-refractivity contribution in [3.63, 3.8) is 0 Å². The smallest absolute Gasteiger partial charge is 0.142 e. The summed E-state index contributed by atoms with van der Waals surface area (Å²) in [4.78, 5) is 0. The van der Waals surface area contributed by atoms with Gasteiger partial charge in [-0.3, -0.25) is 0 Å². The van der Waals surface area contributed by atoms with E-state index in [1.165, 1.54) is 6.07 Å². The summed E-state index contributed by atoms with van der Waals surface area (Å²) in [5, 5.41) is 3.41. The van der Waals surface area contributed by atoms with Crippen LogP contribution in [0.4, 0.5) is 4.39 Å². The van der Waals surface area contributed by atoms with Crippen molar-refractivity contribution in [2.45, 2.75) is 45.3 Å². The lowest BCUT2D eigenvalue weighted by Crippen LogP contribution is -2.40. The summed E-state index contributed by atoms with van der Waals surface area (Å²) in [6.45, 7) is 7.06. The molecule has 0 amide bonds. The zero-order valence-corrected chi connectivity index (χ0v) is 12.6. The molecular weight excluding hydrogens is 297 g/mol. The summed E-state index contributed by atoms with van der Waals surface area (Å²) in [5.41, 5.74) is 0.367. The fourth-order valence-corrected chi connectivity index (χ4v) is 2.81. The highest BCUT2D eigenvalue weighted by molar-refractivity contribution is 9.10. The molecule has 2 rings (SSSR count). The van der Waals surface area contributed by atoms with Crippen LogP contribution < -0.4 is 10.1 Å². The van der Waals surface area contributed by atoms with Gasteiger partial charge < -0.3 is 10.1 Å². The van der Waals surface area contributed by atoms with Crippen LogP contribution in [0.3, 0.4) is 0 Å². The first-order chi connectivity index (χ1) is 8.44. The van der Waals surface area contributed by atoms with Crippen molar-refractivity contribution in [1.29, 1.82) is 0 Å². The summed E-state index contributed by atoms with van der Waals surface area (Å²) in [7, 11) is 0. The van der Waals surface area contributed by atoms with Gasteiger partial charge in [0.05, 0.1) is 4.47 Å². The van der Waals surface area contributed by atoms with Crippen LogP contribution in [0.15, 0.2) is 16.6 Å². The second-order valence-corrected chi connectivity index (χ2v) is 6.20. The minimum absolute atomic E-state index is 0.0150. The molecule has 0 fully saturated rings. The van der Waals surface area contributed by atoms with Gasteiger partial charge in [-0.05, 0) is 54.9 Å². The van der Waals surface area contributed by atoms with Crippen LogP contribution in [-0.4, -0.2) is 12.1 Å². The molecule has 0 aromatic heterocycles. The monoisotopic (exact) mass is 315 g/mol. The largest absolute Gasteiger partial charge is 0.486 e. The minimum Gasteiger partial charge on any atom is -0.486 e. The first-order valence-corrected chi connectivity index (χ1v) is 7.14. The van der Waals surface area contributed by atoms with Gasteiger partial charge in [0.25, 0.3) is 0 Å². The molecule has 1 unspecified atom stereocenters. The third kappa shape index (κ3) is 2.69. The normalized spacial score (nSPS) is 21.3. The fourth-order valence-electron chi connectivity index (χ4n) is 2.38. The Bertz CT molecular complexity index is 448. The summed E-state index contributed by atoms with van der Waals surface area (Å²) in [6, 6.07) is 3.21. The average molecular weight is 316 g/mol. The number of rotatable bonds is 3. The molecule has 2 nitrogen and oxygen atoms in total. The van der Waals surface area contributed by atoms with Gasteiger partial charge in [-0.1, -0.05) is 6.92 Å². The Morgan fingerprint density at radius 1 is 1.50 bits per heavy atom. The van der Waals surface area contributed by atoms with E-state index in [4.69, 9.17) is 4.74 Å². The second kappa shape index (κ2) is 5.17. The average Bonchev–Trinajstić information content (AvgIpc) is 2.29. The highest BCUT2D eigenvalue weighted by Crippen LogP contribution is 2.44. The Kier molecular flexibility index (Phi) is 3.97.